The first-order chi connectivity index (χ1) is 9.13. The molecule has 0 unspecified atom stereocenters. The molecule has 1 heterocycles. The monoisotopic (exact) mass is 326 g/mol. The van der Waals surface area contributed by atoms with E-state index in [-0.39, 0.29) is 11.6 Å². The van der Waals surface area contributed by atoms with Crippen LogP contribution in [0.5, 0.6) is 11.6 Å². The summed E-state index contributed by atoms with van der Waals surface area (Å²) in [6.45, 7) is 0. The Morgan fingerprint density at radius 2 is 2.00 bits per heavy atom. The summed E-state index contributed by atoms with van der Waals surface area (Å²) in [5.74, 6) is -0.947. The van der Waals surface area contributed by atoms with Gasteiger partial charge in [-0.2, -0.15) is 9.37 Å². The van der Waals surface area contributed by atoms with Crippen molar-refractivity contribution in [2.24, 2.45) is 0 Å². The maximum absolute atomic E-state index is 13.5. The highest BCUT2D eigenvalue weighted by molar-refractivity contribution is 9.10. The molecule has 6 heteroatoms. The second-order valence-electron chi connectivity index (χ2n) is 4.32. The molecule has 0 spiro atoms. The van der Waals surface area contributed by atoms with Gasteiger partial charge in [0.2, 0.25) is 11.7 Å². The Morgan fingerprint density at radius 3 is 2.74 bits per heavy atom. The van der Waals surface area contributed by atoms with Crippen molar-refractivity contribution in [1.82, 2.24) is 9.97 Å². The standard InChI is InChI=1S/C13H9BrF2N2O/c14-10-6-11(18-13(17-10)7-4-5-7)19-9-3-1-2-8(15)12(9)16/h1-3,6-7H,4-5H2. The summed E-state index contributed by atoms with van der Waals surface area (Å²) >= 11 is 3.26. The van der Waals surface area contributed by atoms with Crippen LogP contribution in [0.4, 0.5) is 8.78 Å². The van der Waals surface area contributed by atoms with Crippen molar-refractivity contribution in [3.63, 3.8) is 0 Å². The number of hydrogen-bond donors (Lipinski definition) is 0. The predicted molar refractivity (Wildman–Crippen MR) is 68.1 cm³/mol. The van der Waals surface area contributed by atoms with E-state index in [1.165, 1.54) is 18.2 Å². The van der Waals surface area contributed by atoms with Crippen molar-refractivity contribution < 1.29 is 13.5 Å². The maximum atomic E-state index is 13.5. The Bertz CT molecular complexity index is 632. The minimum Gasteiger partial charge on any atom is -0.436 e. The Morgan fingerprint density at radius 1 is 1.21 bits per heavy atom. The molecular formula is C13H9BrF2N2O. The third-order valence-corrected chi connectivity index (χ3v) is 3.17. The van der Waals surface area contributed by atoms with Gasteiger partial charge in [-0.3, -0.25) is 0 Å². The molecule has 1 aliphatic carbocycles. The molecule has 1 saturated carbocycles. The van der Waals surface area contributed by atoms with E-state index in [1.807, 2.05) is 0 Å². The smallest absolute Gasteiger partial charge is 0.223 e. The lowest BCUT2D eigenvalue weighted by Crippen LogP contribution is -1.98. The number of benzene rings is 1. The van der Waals surface area contributed by atoms with Crippen molar-refractivity contribution in [3.05, 3.63) is 46.3 Å². The molecule has 2 aromatic rings. The molecule has 0 amide bonds. The van der Waals surface area contributed by atoms with Crippen molar-refractivity contribution in [2.45, 2.75) is 18.8 Å². The van der Waals surface area contributed by atoms with Crippen LogP contribution in [-0.4, -0.2) is 9.97 Å². The second-order valence-corrected chi connectivity index (χ2v) is 5.13. The third-order valence-electron chi connectivity index (χ3n) is 2.76. The molecule has 0 N–H and O–H groups in total. The van der Waals surface area contributed by atoms with E-state index in [1.54, 1.807) is 0 Å². The van der Waals surface area contributed by atoms with Crippen LogP contribution in [0.3, 0.4) is 0 Å². The molecule has 1 aliphatic rings. The zero-order valence-electron chi connectivity index (χ0n) is 9.74. The van der Waals surface area contributed by atoms with Crippen LogP contribution >= 0.6 is 15.9 Å². The van der Waals surface area contributed by atoms with Crippen molar-refractivity contribution in [3.8, 4) is 11.6 Å². The highest BCUT2D eigenvalue weighted by atomic mass is 79.9. The Hall–Kier alpha value is -1.56. The zero-order valence-corrected chi connectivity index (χ0v) is 11.3. The molecule has 98 valence electrons. The minimum absolute atomic E-state index is 0.188. The second kappa shape index (κ2) is 4.85. The van der Waals surface area contributed by atoms with Crippen LogP contribution < -0.4 is 4.74 Å². The van der Waals surface area contributed by atoms with Crippen LogP contribution in [0, 0.1) is 11.6 Å². The van der Waals surface area contributed by atoms with E-state index in [0.717, 1.165) is 18.9 Å². The highest BCUT2D eigenvalue weighted by Gasteiger charge is 2.27. The van der Waals surface area contributed by atoms with Gasteiger partial charge in [-0.1, -0.05) is 6.07 Å². The largest absolute Gasteiger partial charge is 0.436 e. The fourth-order valence-corrected chi connectivity index (χ4v) is 2.04. The molecule has 1 fully saturated rings. The van der Waals surface area contributed by atoms with E-state index in [9.17, 15) is 8.78 Å². The summed E-state index contributed by atoms with van der Waals surface area (Å²) < 4.78 is 32.4. The molecule has 0 saturated heterocycles. The van der Waals surface area contributed by atoms with Crippen molar-refractivity contribution >= 4 is 15.9 Å². The van der Waals surface area contributed by atoms with Gasteiger partial charge in [-0.05, 0) is 40.9 Å². The number of nitrogens with zero attached hydrogens (tertiary/aromatic N) is 2. The normalized spacial score (nSPS) is 14.5. The lowest BCUT2D eigenvalue weighted by atomic mass is 10.3. The predicted octanol–water partition coefficient (Wildman–Crippen LogP) is 4.19. The molecule has 3 rings (SSSR count). The van der Waals surface area contributed by atoms with Crippen molar-refractivity contribution in [1.29, 1.82) is 0 Å². The summed E-state index contributed by atoms with van der Waals surface area (Å²) in [5.41, 5.74) is 0. The number of aromatic nitrogens is 2. The minimum atomic E-state index is -1.02. The molecule has 0 radical (unpaired) electrons. The van der Waals surface area contributed by atoms with Gasteiger partial charge >= 0.3 is 0 Å². The SMILES string of the molecule is Fc1cccc(Oc2cc(Br)nc(C3CC3)n2)c1F. The van der Waals surface area contributed by atoms with Gasteiger partial charge in [0.25, 0.3) is 0 Å². The summed E-state index contributed by atoms with van der Waals surface area (Å²) in [6, 6.07) is 5.29. The summed E-state index contributed by atoms with van der Waals surface area (Å²) in [5, 5.41) is 0. The molecule has 3 nitrogen and oxygen atoms in total. The van der Waals surface area contributed by atoms with Crippen molar-refractivity contribution in [2.75, 3.05) is 0 Å². The Balaban J connectivity index is 1.92. The van der Waals surface area contributed by atoms with Gasteiger partial charge in [0, 0.05) is 12.0 Å². The molecular weight excluding hydrogens is 318 g/mol. The van der Waals surface area contributed by atoms with E-state index in [0.29, 0.717) is 16.3 Å². The first kappa shape index (κ1) is 12.5. The van der Waals surface area contributed by atoms with Crippen LogP contribution in [0.25, 0.3) is 0 Å². The Kier molecular flexibility index (Phi) is 3.18. The maximum Gasteiger partial charge on any atom is 0.223 e. The Labute approximate surface area is 116 Å². The summed E-state index contributed by atoms with van der Waals surface area (Å²) in [7, 11) is 0. The third kappa shape index (κ3) is 2.73. The van der Waals surface area contributed by atoms with Gasteiger partial charge in [-0.15, -0.1) is 0 Å². The molecule has 0 atom stereocenters. The average molecular weight is 327 g/mol. The van der Waals surface area contributed by atoms with Gasteiger partial charge in [0.05, 0.1) is 0 Å². The van der Waals surface area contributed by atoms with Crippen LogP contribution in [0.2, 0.25) is 0 Å². The molecule has 19 heavy (non-hydrogen) atoms. The fraction of sp³-hybridized carbons (Fsp3) is 0.231. The lowest BCUT2D eigenvalue weighted by molar-refractivity contribution is 0.403. The number of halogens is 3. The van der Waals surface area contributed by atoms with Gasteiger partial charge in [-0.25, -0.2) is 9.37 Å². The molecule has 0 bridgehead atoms. The van der Waals surface area contributed by atoms with Crippen LogP contribution in [-0.2, 0) is 0 Å². The first-order valence-electron chi connectivity index (χ1n) is 5.80. The molecule has 0 aliphatic heterocycles. The zero-order chi connectivity index (χ0) is 13.4. The van der Waals surface area contributed by atoms with Crippen LogP contribution in [0.15, 0.2) is 28.9 Å². The average Bonchev–Trinajstić information content (AvgIpc) is 3.18. The number of ether oxygens (including phenoxy) is 1. The highest BCUT2D eigenvalue weighted by Crippen LogP contribution is 2.39. The van der Waals surface area contributed by atoms with Gasteiger partial charge < -0.3 is 4.74 Å². The molecule has 1 aromatic carbocycles. The summed E-state index contributed by atoms with van der Waals surface area (Å²) in [4.78, 5) is 8.44. The number of hydrogen-bond acceptors (Lipinski definition) is 3. The molecule has 1 aromatic heterocycles. The fourth-order valence-electron chi connectivity index (χ4n) is 1.67. The summed E-state index contributed by atoms with van der Waals surface area (Å²) in [6.07, 6.45) is 2.09. The van der Waals surface area contributed by atoms with Crippen LogP contribution in [0.1, 0.15) is 24.6 Å². The van der Waals surface area contributed by atoms with E-state index in [2.05, 4.69) is 25.9 Å². The first-order valence-corrected chi connectivity index (χ1v) is 6.59. The van der Waals surface area contributed by atoms with E-state index < -0.39 is 11.6 Å². The quantitative estimate of drug-likeness (QED) is 0.793. The van der Waals surface area contributed by atoms with E-state index in [4.69, 9.17) is 4.74 Å². The number of rotatable bonds is 3. The van der Waals surface area contributed by atoms with E-state index >= 15 is 0 Å². The van der Waals surface area contributed by atoms with Gasteiger partial charge in [0.1, 0.15) is 10.4 Å². The lowest BCUT2D eigenvalue weighted by Gasteiger charge is -2.07. The topological polar surface area (TPSA) is 35.0 Å². The van der Waals surface area contributed by atoms with Gasteiger partial charge in [0.15, 0.2) is 11.6 Å².